The van der Waals surface area contributed by atoms with Crippen LogP contribution >= 0.6 is 15.9 Å². The number of rotatable bonds is 3. The Hall–Kier alpha value is -2.68. The Kier molecular flexibility index (Phi) is 4.57. The van der Waals surface area contributed by atoms with Crippen molar-refractivity contribution in [3.63, 3.8) is 0 Å². The van der Waals surface area contributed by atoms with Crippen LogP contribution in [-0.2, 0) is 4.79 Å². The summed E-state index contributed by atoms with van der Waals surface area (Å²) in [6.07, 6.45) is -3.35. The van der Waals surface area contributed by atoms with Gasteiger partial charge in [0.05, 0.1) is 11.6 Å². The fourth-order valence-electron chi connectivity index (χ4n) is 2.51. The summed E-state index contributed by atoms with van der Waals surface area (Å²) in [4.78, 5) is 12.2. The average molecular weight is 430 g/mol. The van der Waals surface area contributed by atoms with Crippen molar-refractivity contribution in [2.45, 2.75) is 6.36 Å². The topological polar surface area (TPSA) is 67.8 Å². The van der Waals surface area contributed by atoms with E-state index in [-0.39, 0.29) is 22.6 Å². The zero-order chi connectivity index (χ0) is 19.1. The third-order valence-corrected chi connectivity index (χ3v) is 4.19. The molecular weight excluding hydrogens is 419 g/mol. The van der Waals surface area contributed by atoms with Crippen LogP contribution in [0.1, 0.15) is 11.1 Å². The number of alkyl halides is 3. The number of ether oxygens (including phenoxy) is 2. The minimum Gasteiger partial charge on any atom is -0.503 e. The highest BCUT2D eigenvalue weighted by Gasteiger charge is 2.32. The molecule has 0 saturated heterocycles. The van der Waals surface area contributed by atoms with E-state index in [0.29, 0.717) is 15.7 Å². The van der Waals surface area contributed by atoms with Crippen LogP contribution in [0.3, 0.4) is 0 Å². The molecule has 2 aromatic rings. The van der Waals surface area contributed by atoms with E-state index in [4.69, 9.17) is 4.74 Å². The van der Waals surface area contributed by atoms with E-state index >= 15 is 0 Å². The standard InChI is InChI=1S/C17H11BrF3NO4/c1-25-14-6-8(5-12(18)15(14)23)4-11-10-7-9(26-17(19,20)21)2-3-13(10)22-16(11)24/h2-7,23H,1H3,(H,22,24)/b11-4-. The lowest BCUT2D eigenvalue weighted by Gasteiger charge is -2.10. The predicted octanol–water partition coefficient (Wildman–Crippen LogP) is 4.55. The van der Waals surface area contributed by atoms with Gasteiger partial charge >= 0.3 is 6.36 Å². The summed E-state index contributed by atoms with van der Waals surface area (Å²) in [7, 11) is 1.37. The summed E-state index contributed by atoms with van der Waals surface area (Å²) in [6.45, 7) is 0. The minimum absolute atomic E-state index is 0.105. The molecule has 2 N–H and O–H groups in total. The van der Waals surface area contributed by atoms with Crippen LogP contribution in [0.25, 0.3) is 11.6 Å². The Morgan fingerprint density at radius 3 is 2.62 bits per heavy atom. The number of carbonyl (C=O) groups is 1. The summed E-state index contributed by atoms with van der Waals surface area (Å²) in [5, 5.41) is 12.4. The van der Waals surface area contributed by atoms with Gasteiger partial charge in [0.15, 0.2) is 11.5 Å². The number of aromatic hydroxyl groups is 1. The first-order chi connectivity index (χ1) is 12.2. The van der Waals surface area contributed by atoms with Crippen LogP contribution in [0.15, 0.2) is 34.8 Å². The maximum absolute atomic E-state index is 12.4. The van der Waals surface area contributed by atoms with Gasteiger partial charge in [-0.15, -0.1) is 13.2 Å². The molecule has 0 fully saturated rings. The number of anilines is 1. The fraction of sp³-hybridized carbons (Fsp3) is 0.118. The highest BCUT2D eigenvalue weighted by molar-refractivity contribution is 9.10. The van der Waals surface area contributed by atoms with Gasteiger partial charge in [-0.2, -0.15) is 0 Å². The van der Waals surface area contributed by atoms with Gasteiger partial charge in [-0.05, 0) is 57.9 Å². The van der Waals surface area contributed by atoms with Crippen LogP contribution in [0.4, 0.5) is 18.9 Å². The first-order valence-corrected chi connectivity index (χ1v) is 7.97. The van der Waals surface area contributed by atoms with E-state index in [0.717, 1.165) is 12.1 Å². The van der Waals surface area contributed by atoms with E-state index in [9.17, 15) is 23.1 Å². The van der Waals surface area contributed by atoms with Crippen molar-refractivity contribution in [2.75, 3.05) is 12.4 Å². The van der Waals surface area contributed by atoms with Crippen LogP contribution in [-0.4, -0.2) is 24.5 Å². The number of phenols is 1. The number of nitrogens with one attached hydrogen (secondary N) is 1. The van der Waals surface area contributed by atoms with Crippen LogP contribution < -0.4 is 14.8 Å². The van der Waals surface area contributed by atoms with Gasteiger partial charge in [0.25, 0.3) is 5.91 Å². The number of carbonyl (C=O) groups excluding carboxylic acids is 1. The summed E-state index contributed by atoms with van der Waals surface area (Å²) in [6, 6.07) is 6.64. The van der Waals surface area contributed by atoms with Gasteiger partial charge in [-0.25, -0.2) is 0 Å². The van der Waals surface area contributed by atoms with Gasteiger partial charge < -0.3 is 19.9 Å². The van der Waals surface area contributed by atoms with Crippen molar-refractivity contribution in [3.8, 4) is 17.2 Å². The smallest absolute Gasteiger partial charge is 0.503 e. The molecule has 0 atom stereocenters. The molecule has 0 radical (unpaired) electrons. The van der Waals surface area contributed by atoms with Gasteiger partial charge in [-0.3, -0.25) is 4.79 Å². The molecule has 9 heteroatoms. The molecule has 0 aromatic heterocycles. The maximum atomic E-state index is 12.4. The summed E-state index contributed by atoms with van der Waals surface area (Å²) in [5.41, 5.74) is 1.32. The molecule has 0 aliphatic carbocycles. The molecule has 0 saturated carbocycles. The number of phenolic OH excluding ortho intramolecular Hbond substituents is 1. The van der Waals surface area contributed by atoms with Gasteiger partial charge in [0, 0.05) is 16.8 Å². The zero-order valence-corrected chi connectivity index (χ0v) is 14.7. The van der Waals surface area contributed by atoms with Crippen molar-refractivity contribution in [1.82, 2.24) is 0 Å². The highest BCUT2D eigenvalue weighted by atomic mass is 79.9. The highest BCUT2D eigenvalue weighted by Crippen LogP contribution is 2.39. The van der Waals surface area contributed by atoms with E-state index < -0.39 is 18.0 Å². The number of benzene rings is 2. The van der Waals surface area contributed by atoms with E-state index in [1.807, 2.05) is 0 Å². The SMILES string of the molecule is COc1cc(/C=C2\C(=O)Nc3ccc(OC(F)(F)F)cc32)cc(Br)c1O. The first kappa shape index (κ1) is 18.1. The monoisotopic (exact) mass is 429 g/mol. The lowest BCUT2D eigenvalue weighted by Crippen LogP contribution is -2.17. The van der Waals surface area contributed by atoms with Crippen LogP contribution in [0.5, 0.6) is 17.2 Å². The summed E-state index contributed by atoms with van der Waals surface area (Å²) >= 11 is 3.17. The number of amides is 1. The summed E-state index contributed by atoms with van der Waals surface area (Å²) in [5.74, 6) is -0.818. The molecule has 1 amide bonds. The molecule has 2 aromatic carbocycles. The quantitative estimate of drug-likeness (QED) is 0.702. The molecule has 0 bridgehead atoms. The second-order valence-electron chi connectivity index (χ2n) is 5.32. The van der Waals surface area contributed by atoms with Crippen molar-refractivity contribution in [2.24, 2.45) is 0 Å². The normalized spacial score (nSPS) is 15.0. The third kappa shape index (κ3) is 3.62. The second kappa shape index (κ2) is 6.56. The van der Waals surface area contributed by atoms with Crippen molar-refractivity contribution in [1.29, 1.82) is 0 Å². The third-order valence-electron chi connectivity index (χ3n) is 3.59. The molecule has 3 rings (SSSR count). The Morgan fingerprint density at radius 2 is 1.96 bits per heavy atom. The van der Waals surface area contributed by atoms with Gasteiger partial charge in [-0.1, -0.05) is 0 Å². The zero-order valence-electron chi connectivity index (χ0n) is 13.1. The Labute approximate surface area is 154 Å². The molecule has 0 unspecified atom stereocenters. The lowest BCUT2D eigenvalue weighted by molar-refractivity contribution is -0.274. The molecule has 0 spiro atoms. The Balaban J connectivity index is 2.05. The number of hydrogen-bond donors (Lipinski definition) is 2. The fourth-order valence-corrected chi connectivity index (χ4v) is 2.97. The minimum atomic E-state index is -4.83. The predicted molar refractivity (Wildman–Crippen MR) is 92.0 cm³/mol. The van der Waals surface area contributed by atoms with Gasteiger partial charge in [0.1, 0.15) is 5.75 Å². The summed E-state index contributed by atoms with van der Waals surface area (Å²) < 4.78 is 46.5. The molecule has 1 aliphatic heterocycles. The van der Waals surface area contributed by atoms with Crippen LogP contribution in [0.2, 0.25) is 0 Å². The number of halogens is 4. The van der Waals surface area contributed by atoms with E-state index in [1.165, 1.54) is 25.3 Å². The number of hydrogen-bond acceptors (Lipinski definition) is 4. The van der Waals surface area contributed by atoms with E-state index in [1.54, 1.807) is 6.07 Å². The second-order valence-corrected chi connectivity index (χ2v) is 6.18. The average Bonchev–Trinajstić information content (AvgIpc) is 2.84. The van der Waals surface area contributed by atoms with Crippen LogP contribution in [0, 0.1) is 0 Å². The maximum Gasteiger partial charge on any atom is 0.573 e. The number of fused-ring (bicyclic) bond motifs is 1. The Bertz CT molecular complexity index is 925. The number of methoxy groups -OCH3 is 1. The van der Waals surface area contributed by atoms with E-state index in [2.05, 4.69) is 26.0 Å². The molecule has 5 nitrogen and oxygen atoms in total. The van der Waals surface area contributed by atoms with Crippen molar-refractivity contribution < 1.29 is 32.5 Å². The van der Waals surface area contributed by atoms with Crippen molar-refractivity contribution >= 4 is 39.2 Å². The van der Waals surface area contributed by atoms with Gasteiger partial charge in [0.2, 0.25) is 0 Å². The molecular formula is C17H11BrF3NO4. The molecule has 1 heterocycles. The molecule has 136 valence electrons. The lowest BCUT2D eigenvalue weighted by atomic mass is 10.0. The largest absolute Gasteiger partial charge is 0.573 e. The molecule has 26 heavy (non-hydrogen) atoms. The first-order valence-electron chi connectivity index (χ1n) is 7.17. The molecule has 1 aliphatic rings. The Morgan fingerprint density at radius 1 is 1.23 bits per heavy atom. The van der Waals surface area contributed by atoms with Crippen molar-refractivity contribution in [3.05, 3.63) is 45.9 Å².